The normalized spacial score (nSPS) is 10.4. The van der Waals surface area contributed by atoms with Crippen molar-refractivity contribution in [2.45, 2.75) is 13.5 Å². The lowest BCUT2D eigenvalue weighted by molar-refractivity contribution is 0.0520. The minimum Gasteiger partial charge on any atom is -0.487 e. The average molecular weight is 324 g/mol. The van der Waals surface area contributed by atoms with E-state index < -0.39 is 5.97 Å². The number of esters is 1. The Hall–Kier alpha value is -3.22. The van der Waals surface area contributed by atoms with Crippen LogP contribution in [0.5, 0.6) is 5.75 Å². The van der Waals surface area contributed by atoms with E-state index in [4.69, 9.17) is 9.47 Å². The van der Waals surface area contributed by atoms with Gasteiger partial charge in [0.05, 0.1) is 12.3 Å². The Morgan fingerprint density at radius 3 is 2.67 bits per heavy atom. The highest BCUT2D eigenvalue weighted by molar-refractivity contribution is 5.93. The van der Waals surface area contributed by atoms with Gasteiger partial charge in [0.25, 0.3) is 0 Å². The third-order valence-corrected chi connectivity index (χ3v) is 3.26. The molecule has 1 N–H and O–H groups in total. The van der Waals surface area contributed by atoms with Crippen LogP contribution in [0.4, 0.5) is 0 Å². The van der Waals surface area contributed by atoms with E-state index in [0.717, 1.165) is 11.3 Å². The molecule has 0 aliphatic carbocycles. The zero-order valence-electron chi connectivity index (χ0n) is 13.1. The first kappa shape index (κ1) is 15.7. The number of H-pyrrole nitrogens is 1. The summed E-state index contributed by atoms with van der Waals surface area (Å²) in [5.74, 6) is 0.197. The molecule has 24 heavy (non-hydrogen) atoms. The van der Waals surface area contributed by atoms with Gasteiger partial charge in [-0.2, -0.15) is 10.3 Å². The predicted molar refractivity (Wildman–Crippen MR) is 86.3 cm³/mol. The molecule has 0 amide bonds. The lowest BCUT2D eigenvalue weighted by atomic mass is 10.1. The summed E-state index contributed by atoms with van der Waals surface area (Å²) in [5, 5.41) is 10.3. The van der Waals surface area contributed by atoms with Gasteiger partial charge in [-0.15, -0.1) is 5.10 Å². The molecule has 1 aromatic carbocycles. The van der Waals surface area contributed by atoms with E-state index in [0.29, 0.717) is 18.1 Å². The zero-order chi connectivity index (χ0) is 16.8. The van der Waals surface area contributed by atoms with Crippen LogP contribution in [0.1, 0.15) is 23.1 Å². The van der Waals surface area contributed by atoms with Crippen LogP contribution in [0.25, 0.3) is 11.3 Å². The maximum absolute atomic E-state index is 11.8. The Bertz CT molecular complexity index is 800. The number of nitrogens with zero attached hydrogens (tertiary/aromatic N) is 3. The van der Waals surface area contributed by atoms with Gasteiger partial charge in [-0.05, 0) is 43.3 Å². The molecule has 0 aliphatic heterocycles. The molecule has 0 spiro atoms. The Morgan fingerprint density at radius 1 is 1.12 bits per heavy atom. The van der Waals surface area contributed by atoms with Gasteiger partial charge in [-0.1, -0.05) is 6.07 Å². The first-order valence-corrected chi connectivity index (χ1v) is 7.49. The molecule has 2 aromatic heterocycles. The van der Waals surface area contributed by atoms with Gasteiger partial charge in [0.2, 0.25) is 0 Å². The number of carbonyl (C=O) groups excluding carboxylic acids is 1. The van der Waals surface area contributed by atoms with Crippen LogP contribution in [0.2, 0.25) is 0 Å². The second kappa shape index (κ2) is 7.36. The van der Waals surface area contributed by atoms with Crippen LogP contribution in [-0.2, 0) is 11.3 Å². The van der Waals surface area contributed by atoms with E-state index in [1.807, 2.05) is 42.5 Å². The molecule has 0 saturated heterocycles. The number of hydrogen-bond donors (Lipinski definition) is 1. The molecule has 0 fully saturated rings. The molecular formula is C17H16N4O3. The monoisotopic (exact) mass is 324 g/mol. The SMILES string of the molecule is CCOC(=O)c1n[nH]nc1-c1ccc(OCc2ccccn2)cc1. The zero-order valence-corrected chi connectivity index (χ0v) is 13.1. The number of benzene rings is 1. The van der Waals surface area contributed by atoms with Crippen LogP contribution in [0.3, 0.4) is 0 Å². The molecule has 0 bridgehead atoms. The molecule has 0 aliphatic rings. The van der Waals surface area contributed by atoms with Crippen LogP contribution >= 0.6 is 0 Å². The summed E-state index contributed by atoms with van der Waals surface area (Å²) in [7, 11) is 0. The molecule has 0 radical (unpaired) electrons. The first-order valence-electron chi connectivity index (χ1n) is 7.49. The van der Waals surface area contributed by atoms with Gasteiger partial charge in [0, 0.05) is 11.8 Å². The van der Waals surface area contributed by atoms with Crippen LogP contribution in [-0.4, -0.2) is 33.0 Å². The second-order valence-electron chi connectivity index (χ2n) is 4.88. The lowest BCUT2D eigenvalue weighted by Gasteiger charge is -2.06. The number of hydrogen-bond acceptors (Lipinski definition) is 6. The Balaban J connectivity index is 1.71. The van der Waals surface area contributed by atoms with E-state index >= 15 is 0 Å². The molecule has 7 nitrogen and oxygen atoms in total. The summed E-state index contributed by atoms with van der Waals surface area (Å²) in [5.41, 5.74) is 2.21. The van der Waals surface area contributed by atoms with Crippen LogP contribution in [0.15, 0.2) is 48.7 Å². The van der Waals surface area contributed by atoms with Crippen molar-refractivity contribution in [3.8, 4) is 17.0 Å². The van der Waals surface area contributed by atoms with E-state index in [9.17, 15) is 4.79 Å². The van der Waals surface area contributed by atoms with E-state index in [2.05, 4.69) is 20.4 Å². The van der Waals surface area contributed by atoms with Crippen molar-refractivity contribution in [3.63, 3.8) is 0 Å². The molecule has 2 heterocycles. The van der Waals surface area contributed by atoms with E-state index in [1.165, 1.54) is 0 Å². The summed E-state index contributed by atoms with van der Waals surface area (Å²) in [6.07, 6.45) is 1.73. The number of aromatic nitrogens is 4. The van der Waals surface area contributed by atoms with Crippen molar-refractivity contribution >= 4 is 5.97 Å². The third kappa shape index (κ3) is 3.57. The quantitative estimate of drug-likeness (QED) is 0.701. The number of rotatable bonds is 6. The molecule has 122 valence electrons. The summed E-state index contributed by atoms with van der Waals surface area (Å²) in [6.45, 7) is 2.41. The highest BCUT2D eigenvalue weighted by Gasteiger charge is 2.18. The Kier molecular flexibility index (Phi) is 4.81. The molecule has 3 aromatic rings. The predicted octanol–water partition coefficient (Wildman–Crippen LogP) is 2.62. The van der Waals surface area contributed by atoms with Gasteiger partial charge in [0.15, 0.2) is 5.69 Å². The van der Waals surface area contributed by atoms with Crippen LogP contribution in [0, 0.1) is 0 Å². The molecular weight excluding hydrogens is 308 g/mol. The van der Waals surface area contributed by atoms with Crippen molar-refractivity contribution in [1.29, 1.82) is 0 Å². The van der Waals surface area contributed by atoms with E-state index in [1.54, 1.807) is 13.1 Å². The van der Waals surface area contributed by atoms with Crippen LogP contribution < -0.4 is 4.74 Å². The highest BCUT2D eigenvalue weighted by Crippen LogP contribution is 2.23. The van der Waals surface area contributed by atoms with Gasteiger partial charge in [0.1, 0.15) is 18.1 Å². The molecule has 3 rings (SSSR count). The summed E-state index contributed by atoms with van der Waals surface area (Å²) >= 11 is 0. The number of nitrogens with one attached hydrogen (secondary N) is 1. The highest BCUT2D eigenvalue weighted by atomic mass is 16.5. The minimum atomic E-state index is -0.503. The largest absolute Gasteiger partial charge is 0.487 e. The first-order chi connectivity index (χ1) is 11.8. The van der Waals surface area contributed by atoms with Crippen molar-refractivity contribution in [2.24, 2.45) is 0 Å². The maximum Gasteiger partial charge on any atom is 0.361 e. The second-order valence-corrected chi connectivity index (χ2v) is 4.88. The molecule has 0 atom stereocenters. The fourth-order valence-electron chi connectivity index (χ4n) is 2.12. The smallest absolute Gasteiger partial charge is 0.361 e. The van der Waals surface area contributed by atoms with E-state index in [-0.39, 0.29) is 12.3 Å². The Labute approximate surface area is 138 Å². The standard InChI is InChI=1S/C17H16N4O3/c1-2-23-17(22)16-15(19-21-20-16)12-6-8-14(9-7-12)24-11-13-5-3-4-10-18-13/h3-10H,2,11H2,1H3,(H,19,20,21). The molecule has 0 saturated carbocycles. The Morgan fingerprint density at radius 2 is 1.96 bits per heavy atom. The third-order valence-electron chi connectivity index (χ3n) is 3.26. The summed E-state index contributed by atoms with van der Waals surface area (Å²) in [4.78, 5) is 16.1. The maximum atomic E-state index is 11.8. The van der Waals surface area contributed by atoms with Crippen molar-refractivity contribution in [1.82, 2.24) is 20.4 Å². The van der Waals surface area contributed by atoms with Gasteiger partial charge in [-0.3, -0.25) is 4.98 Å². The average Bonchev–Trinajstić information content (AvgIpc) is 3.11. The van der Waals surface area contributed by atoms with Gasteiger partial charge < -0.3 is 9.47 Å². The fourth-order valence-corrected chi connectivity index (χ4v) is 2.12. The van der Waals surface area contributed by atoms with Crippen molar-refractivity contribution in [2.75, 3.05) is 6.61 Å². The minimum absolute atomic E-state index is 0.166. The van der Waals surface area contributed by atoms with Gasteiger partial charge in [-0.25, -0.2) is 4.79 Å². The van der Waals surface area contributed by atoms with Gasteiger partial charge >= 0.3 is 5.97 Å². The summed E-state index contributed by atoms with van der Waals surface area (Å²) in [6, 6.07) is 12.9. The topological polar surface area (TPSA) is 90.0 Å². The van der Waals surface area contributed by atoms with Crippen molar-refractivity contribution in [3.05, 3.63) is 60.0 Å². The van der Waals surface area contributed by atoms with Crippen molar-refractivity contribution < 1.29 is 14.3 Å². The lowest BCUT2D eigenvalue weighted by Crippen LogP contribution is -2.06. The number of aromatic amines is 1. The number of carbonyl (C=O) groups is 1. The number of pyridine rings is 1. The number of ether oxygens (including phenoxy) is 2. The molecule has 0 unspecified atom stereocenters. The fraction of sp³-hybridized carbons (Fsp3) is 0.176. The summed E-state index contributed by atoms with van der Waals surface area (Å²) < 4.78 is 10.6. The molecule has 7 heteroatoms.